The van der Waals surface area contributed by atoms with Crippen molar-refractivity contribution in [3.8, 4) is 0 Å². The number of amides is 1. The van der Waals surface area contributed by atoms with Crippen LogP contribution in [0.15, 0.2) is 0 Å². The molecular weight excluding hydrogens is 200 g/mol. The Kier molecular flexibility index (Phi) is 5.26. The molecule has 1 N–H and O–H groups in total. The molecule has 3 nitrogen and oxygen atoms in total. The summed E-state index contributed by atoms with van der Waals surface area (Å²) >= 11 is 0. The smallest absolute Gasteiger partial charge is 0.239 e. The molecule has 0 aromatic rings. The lowest BCUT2D eigenvalue weighted by Gasteiger charge is -2.28. The molecule has 1 aliphatic heterocycles. The van der Waals surface area contributed by atoms with Gasteiger partial charge in [0.2, 0.25) is 5.91 Å². The van der Waals surface area contributed by atoms with E-state index in [4.69, 9.17) is 0 Å². The van der Waals surface area contributed by atoms with Crippen LogP contribution in [-0.4, -0.2) is 36.5 Å². The van der Waals surface area contributed by atoms with Crippen LogP contribution in [0.4, 0.5) is 0 Å². The van der Waals surface area contributed by atoms with Gasteiger partial charge in [0.1, 0.15) is 0 Å². The van der Waals surface area contributed by atoms with Crippen LogP contribution in [0.25, 0.3) is 0 Å². The molecule has 3 heteroatoms. The Morgan fingerprint density at radius 1 is 1.25 bits per heavy atom. The average Bonchev–Trinajstić information content (AvgIpc) is 2.66. The van der Waals surface area contributed by atoms with Crippen molar-refractivity contribution in [3.63, 3.8) is 0 Å². The van der Waals surface area contributed by atoms with Crippen LogP contribution in [0.1, 0.15) is 40.5 Å². The molecule has 1 rings (SSSR count). The highest BCUT2D eigenvalue weighted by molar-refractivity contribution is 5.82. The summed E-state index contributed by atoms with van der Waals surface area (Å²) in [6, 6.07) is 0.0810. The van der Waals surface area contributed by atoms with E-state index in [1.54, 1.807) is 0 Å². The number of nitrogens with zero attached hydrogens (tertiary/aromatic N) is 1. The molecule has 0 spiro atoms. The predicted molar refractivity (Wildman–Crippen MR) is 67.3 cm³/mol. The van der Waals surface area contributed by atoms with Gasteiger partial charge in [0.15, 0.2) is 0 Å². The highest BCUT2D eigenvalue weighted by Crippen LogP contribution is 2.12. The Hall–Kier alpha value is -0.570. The standard InChI is InChI=1S/C13H26N2O/c1-10(2)8-15(9-11(3)4)13(16)12-6-5-7-14-12/h10-12,14H,5-9H2,1-4H3/t12-/m0/s1. The molecule has 0 unspecified atom stereocenters. The van der Waals surface area contributed by atoms with Crippen molar-refractivity contribution in [1.82, 2.24) is 10.2 Å². The molecule has 0 aromatic carbocycles. The number of nitrogens with one attached hydrogen (secondary N) is 1. The minimum atomic E-state index is 0.0810. The van der Waals surface area contributed by atoms with E-state index in [9.17, 15) is 4.79 Å². The van der Waals surface area contributed by atoms with Crippen molar-refractivity contribution in [2.24, 2.45) is 11.8 Å². The molecule has 0 aromatic heterocycles. The van der Waals surface area contributed by atoms with Gasteiger partial charge in [-0.05, 0) is 31.2 Å². The molecule has 1 atom stereocenters. The molecule has 1 fully saturated rings. The van der Waals surface area contributed by atoms with Crippen molar-refractivity contribution in [2.45, 2.75) is 46.6 Å². The Morgan fingerprint density at radius 3 is 2.19 bits per heavy atom. The maximum atomic E-state index is 12.3. The SMILES string of the molecule is CC(C)CN(CC(C)C)C(=O)[C@@H]1CCCN1. The highest BCUT2D eigenvalue weighted by atomic mass is 16.2. The molecule has 0 bridgehead atoms. The van der Waals surface area contributed by atoms with Crippen LogP contribution >= 0.6 is 0 Å². The Morgan fingerprint density at radius 2 is 1.81 bits per heavy atom. The van der Waals surface area contributed by atoms with Crippen molar-refractivity contribution in [3.05, 3.63) is 0 Å². The average molecular weight is 226 g/mol. The van der Waals surface area contributed by atoms with Crippen LogP contribution < -0.4 is 5.32 Å². The van der Waals surface area contributed by atoms with Crippen molar-refractivity contribution in [1.29, 1.82) is 0 Å². The summed E-state index contributed by atoms with van der Waals surface area (Å²) in [6.45, 7) is 11.4. The third-order valence-electron chi connectivity index (χ3n) is 2.84. The lowest BCUT2D eigenvalue weighted by Crippen LogP contribution is -2.46. The first-order valence-corrected chi connectivity index (χ1v) is 6.53. The van der Waals surface area contributed by atoms with E-state index in [1.165, 1.54) is 0 Å². The number of carbonyl (C=O) groups is 1. The zero-order valence-electron chi connectivity index (χ0n) is 11.1. The van der Waals surface area contributed by atoms with Gasteiger partial charge >= 0.3 is 0 Å². The van der Waals surface area contributed by atoms with Crippen LogP contribution in [0.2, 0.25) is 0 Å². The molecule has 1 heterocycles. The quantitative estimate of drug-likeness (QED) is 0.776. The van der Waals surface area contributed by atoms with E-state index < -0.39 is 0 Å². The van der Waals surface area contributed by atoms with E-state index in [1.807, 2.05) is 4.90 Å². The minimum Gasteiger partial charge on any atom is -0.341 e. The van der Waals surface area contributed by atoms with Gasteiger partial charge in [-0.1, -0.05) is 27.7 Å². The highest BCUT2D eigenvalue weighted by Gasteiger charge is 2.27. The Bertz CT molecular complexity index is 210. The summed E-state index contributed by atoms with van der Waals surface area (Å²) in [5.41, 5.74) is 0. The Labute approximate surface area is 99.6 Å². The molecule has 0 aliphatic carbocycles. The molecule has 0 saturated carbocycles. The third-order valence-corrected chi connectivity index (χ3v) is 2.84. The second-order valence-electron chi connectivity index (χ2n) is 5.68. The first-order valence-electron chi connectivity index (χ1n) is 6.53. The first kappa shape index (κ1) is 13.5. The van der Waals surface area contributed by atoms with E-state index >= 15 is 0 Å². The van der Waals surface area contributed by atoms with Gasteiger partial charge in [0.05, 0.1) is 6.04 Å². The van der Waals surface area contributed by atoms with E-state index in [0.29, 0.717) is 17.7 Å². The van der Waals surface area contributed by atoms with Gasteiger partial charge in [-0.3, -0.25) is 4.79 Å². The molecule has 1 amide bonds. The maximum absolute atomic E-state index is 12.3. The van der Waals surface area contributed by atoms with Crippen LogP contribution in [0.5, 0.6) is 0 Å². The molecule has 1 aliphatic rings. The van der Waals surface area contributed by atoms with Crippen molar-refractivity contribution >= 4 is 5.91 Å². The number of hydrogen-bond acceptors (Lipinski definition) is 2. The van der Waals surface area contributed by atoms with Gasteiger partial charge in [-0.25, -0.2) is 0 Å². The monoisotopic (exact) mass is 226 g/mol. The normalized spacial score (nSPS) is 20.8. The zero-order chi connectivity index (χ0) is 12.1. The van der Waals surface area contributed by atoms with Crippen molar-refractivity contribution in [2.75, 3.05) is 19.6 Å². The summed E-state index contributed by atoms with van der Waals surface area (Å²) in [4.78, 5) is 14.3. The van der Waals surface area contributed by atoms with Gasteiger partial charge < -0.3 is 10.2 Å². The van der Waals surface area contributed by atoms with E-state index in [0.717, 1.165) is 32.5 Å². The van der Waals surface area contributed by atoms with Gasteiger partial charge in [-0.15, -0.1) is 0 Å². The van der Waals surface area contributed by atoms with Crippen LogP contribution in [0, 0.1) is 11.8 Å². The van der Waals surface area contributed by atoms with Gasteiger partial charge in [0, 0.05) is 13.1 Å². The number of hydrogen-bond donors (Lipinski definition) is 1. The fourth-order valence-corrected chi connectivity index (χ4v) is 2.25. The summed E-state index contributed by atoms with van der Waals surface area (Å²) in [5.74, 6) is 1.40. The Balaban J connectivity index is 2.55. The second kappa shape index (κ2) is 6.24. The topological polar surface area (TPSA) is 32.3 Å². The van der Waals surface area contributed by atoms with Crippen molar-refractivity contribution < 1.29 is 4.79 Å². The van der Waals surface area contributed by atoms with Gasteiger partial charge in [0.25, 0.3) is 0 Å². The molecule has 16 heavy (non-hydrogen) atoms. The first-order chi connectivity index (χ1) is 7.50. The lowest BCUT2D eigenvalue weighted by molar-refractivity contribution is -0.134. The van der Waals surface area contributed by atoms with Crippen LogP contribution in [0.3, 0.4) is 0 Å². The fraction of sp³-hybridized carbons (Fsp3) is 0.923. The summed E-state index contributed by atoms with van der Waals surface area (Å²) in [7, 11) is 0. The lowest BCUT2D eigenvalue weighted by atomic mass is 10.1. The summed E-state index contributed by atoms with van der Waals surface area (Å²) in [6.07, 6.45) is 2.14. The van der Waals surface area contributed by atoms with E-state index in [2.05, 4.69) is 33.0 Å². The zero-order valence-corrected chi connectivity index (χ0v) is 11.1. The number of rotatable bonds is 5. The van der Waals surface area contributed by atoms with Gasteiger partial charge in [-0.2, -0.15) is 0 Å². The van der Waals surface area contributed by atoms with E-state index in [-0.39, 0.29) is 6.04 Å². The number of carbonyl (C=O) groups excluding carboxylic acids is 1. The molecule has 94 valence electrons. The third kappa shape index (κ3) is 4.12. The predicted octanol–water partition coefficient (Wildman–Crippen LogP) is 1.88. The molecule has 0 radical (unpaired) electrons. The largest absolute Gasteiger partial charge is 0.341 e. The molecular formula is C13H26N2O. The second-order valence-corrected chi connectivity index (χ2v) is 5.68. The summed E-state index contributed by atoms with van der Waals surface area (Å²) in [5, 5.41) is 3.29. The maximum Gasteiger partial charge on any atom is 0.239 e. The summed E-state index contributed by atoms with van der Waals surface area (Å²) < 4.78 is 0. The fourth-order valence-electron chi connectivity index (χ4n) is 2.25. The molecule has 1 saturated heterocycles. The van der Waals surface area contributed by atoms with Crippen LogP contribution in [-0.2, 0) is 4.79 Å². The minimum absolute atomic E-state index is 0.0810.